The molecule has 0 saturated heterocycles. The minimum Gasteiger partial charge on any atom is -0.481 e. The Hall–Kier alpha value is -1.15. The first-order chi connectivity index (χ1) is 6.78. The van der Waals surface area contributed by atoms with Crippen LogP contribution in [-0.4, -0.2) is 42.4 Å². The first kappa shape index (κ1) is 13.8. The standard InChI is InChI=1S/C7H13NO6S/c1-2-15(13,14)8-5(7(11)12)3-4-6(9)10/h5,8H,2-4H2,1H3,(H,9,10)(H,11,12)/t5-/m0/s1. The van der Waals surface area contributed by atoms with Gasteiger partial charge in [-0.1, -0.05) is 0 Å². The van der Waals surface area contributed by atoms with Crippen molar-refractivity contribution in [3.05, 3.63) is 0 Å². The van der Waals surface area contributed by atoms with Crippen molar-refractivity contribution >= 4 is 22.0 Å². The van der Waals surface area contributed by atoms with Gasteiger partial charge in [-0.2, -0.15) is 0 Å². The molecule has 0 aromatic carbocycles. The van der Waals surface area contributed by atoms with E-state index in [1.165, 1.54) is 6.92 Å². The predicted molar refractivity (Wildman–Crippen MR) is 50.9 cm³/mol. The monoisotopic (exact) mass is 239 g/mol. The zero-order valence-corrected chi connectivity index (χ0v) is 8.95. The lowest BCUT2D eigenvalue weighted by Gasteiger charge is -2.12. The first-order valence-corrected chi connectivity index (χ1v) is 5.88. The van der Waals surface area contributed by atoms with Crippen molar-refractivity contribution in [2.45, 2.75) is 25.8 Å². The summed E-state index contributed by atoms with van der Waals surface area (Å²) in [5.41, 5.74) is 0. The molecular formula is C7H13NO6S. The Morgan fingerprint density at radius 3 is 2.20 bits per heavy atom. The molecule has 0 fully saturated rings. The molecule has 8 heteroatoms. The molecule has 1 atom stereocenters. The molecule has 0 heterocycles. The molecule has 15 heavy (non-hydrogen) atoms. The van der Waals surface area contributed by atoms with Crippen LogP contribution in [0.1, 0.15) is 19.8 Å². The first-order valence-electron chi connectivity index (χ1n) is 4.23. The van der Waals surface area contributed by atoms with E-state index in [1.807, 2.05) is 4.72 Å². The summed E-state index contributed by atoms with van der Waals surface area (Å²) in [6.45, 7) is 1.36. The van der Waals surface area contributed by atoms with Gasteiger partial charge in [0.2, 0.25) is 10.0 Å². The summed E-state index contributed by atoms with van der Waals surface area (Å²) >= 11 is 0. The molecule has 0 aromatic heterocycles. The highest BCUT2D eigenvalue weighted by atomic mass is 32.2. The number of carboxylic acids is 2. The SMILES string of the molecule is CCS(=O)(=O)N[C@@H](CCC(=O)O)C(=O)O. The van der Waals surface area contributed by atoms with E-state index < -0.39 is 34.4 Å². The minimum atomic E-state index is -3.64. The minimum absolute atomic E-state index is 0.246. The largest absolute Gasteiger partial charge is 0.481 e. The summed E-state index contributed by atoms with van der Waals surface area (Å²) in [4.78, 5) is 20.8. The molecule has 88 valence electrons. The second-order valence-corrected chi connectivity index (χ2v) is 4.89. The van der Waals surface area contributed by atoms with Crippen LogP contribution in [0.5, 0.6) is 0 Å². The van der Waals surface area contributed by atoms with Crippen LogP contribution < -0.4 is 4.72 Å². The van der Waals surface area contributed by atoms with E-state index in [-0.39, 0.29) is 12.2 Å². The fourth-order valence-electron chi connectivity index (χ4n) is 0.801. The van der Waals surface area contributed by atoms with Crippen LogP contribution in [0.2, 0.25) is 0 Å². The molecule has 7 nitrogen and oxygen atoms in total. The zero-order chi connectivity index (χ0) is 12.1. The molecule has 0 unspecified atom stereocenters. The highest BCUT2D eigenvalue weighted by molar-refractivity contribution is 7.89. The van der Waals surface area contributed by atoms with Gasteiger partial charge in [0.1, 0.15) is 6.04 Å². The van der Waals surface area contributed by atoms with E-state index >= 15 is 0 Å². The number of hydrogen-bond donors (Lipinski definition) is 3. The van der Waals surface area contributed by atoms with Crippen LogP contribution in [0.15, 0.2) is 0 Å². The Morgan fingerprint density at radius 2 is 1.87 bits per heavy atom. The third-order valence-corrected chi connectivity index (χ3v) is 3.05. The van der Waals surface area contributed by atoms with Crippen LogP contribution in [-0.2, 0) is 19.6 Å². The van der Waals surface area contributed by atoms with Crippen molar-refractivity contribution in [1.82, 2.24) is 4.72 Å². The van der Waals surface area contributed by atoms with Gasteiger partial charge < -0.3 is 10.2 Å². The summed E-state index contributed by atoms with van der Waals surface area (Å²) in [7, 11) is -3.64. The Balaban J connectivity index is 4.42. The maximum atomic E-state index is 11.0. The Kier molecular flexibility index (Phi) is 5.23. The summed E-state index contributed by atoms with van der Waals surface area (Å²) in [5, 5.41) is 17.0. The van der Waals surface area contributed by atoms with Gasteiger partial charge in [0.05, 0.1) is 5.75 Å². The second-order valence-electron chi connectivity index (χ2n) is 2.84. The molecule has 0 aromatic rings. The Bertz CT molecular complexity index is 335. The van der Waals surface area contributed by atoms with Gasteiger partial charge in [-0.05, 0) is 13.3 Å². The zero-order valence-electron chi connectivity index (χ0n) is 8.13. The van der Waals surface area contributed by atoms with Crippen LogP contribution in [0.25, 0.3) is 0 Å². The number of rotatable bonds is 7. The highest BCUT2D eigenvalue weighted by Gasteiger charge is 2.23. The number of nitrogens with one attached hydrogen (secondary N) is 1. The van der Waals surface area contributed by atoms with Crippen LogP contribution in [0.4, 0.5) is 0 Å². The molecule has 0 aliphatic heterocycles. The second kappa shape index (κ2) is 5.66. The number of carboxylic acid groups (broad SMARTS) is 2. The van der Waals surface area contributed by atoms with Gasteiger partial charge in [-0.25, -0.2) is 13.1 Å². The van der Waals surface area contributed by atoms with Crippen molar-refractivity contribution in [3.8, 4) is 0 Å². The smallest absolute Gasteiger partial charge is 0.321 e. The molecule has 0 rings (SSSR count). The van der Waals surface area contributed by atoms with Crippen LogP contribution in [0.3, 0.4) is 0 Å². The molecular weight excluding hydrogens is 226 g/mol. The molecule has 0 amide bonds. The van der Waals surface area contributed by atoms with Crippen molar-refractivity contribution in [2.75, 3.05) is 5.75 Å². The Labute approximate surface area is 87.2 Å². The number of aliphatic carboxylic acids is 2. The van der Waals surface area contributed by atoms with Gasteiger partial charge in [0.25, 0.3) is 0 Å². The topological polar surface area (TPSA) is 121 Å². The normalized spacial score (nSPS) is 13.4. The van der Waals surface area contributed by atoms with Gasteiger partial charge in [-0.15, -0.1) is 0 Å². The summed E-state index contributed by atoms with van der Waals surface area (Å²) in [6, 6.07) is -1.38. The van der Waals surface area contributed by atoms with Crippen molar-refractivity contribution in [1.29, 1.82) is 0 Å². The molecule has 0 radical (unpaired) electrons. The van der Waals surface area contributed by atoms with Crippen molar-refractivity contribution in [2.24, 2.45) is 0 Å². The van der Waals surface area contributed by atoms with Crippen LogP contribution >= 0.6 is 0 Å². The third kappa shape index (κ3) is 6.02. The van der Waals surface area contributed by atoms with Gasteiger partial charge in [0, 0.05) is 6.42 Å². The van der Waals surface area contributed by atoms with E-state index in [0.29, 0.717) is 0 Å². The summed E-state index contributed by atoms with van der Waals surface area (Å²) in [6.07, 6.45) is -0.674. The lowest BCUT2D eigenvalue weighted by Crippen LogP contribution is -2.41. The average Bonchev–Trinajstić information content (AvgIpc) is 2.11. The van der Waals surface area contributed by atoms with E-state index in [2.05, 4.69) is 0 Å². The Morgan fingerprint density at radius 1 is 1.33 bits per heavy atom. The quantitative estimate of drug-likeness (QED) is 0.537. The third-order valence-electron chi connectivity index (χ3n) is 1.65. The van der Waals surface area contributed by atoms with E-state index in [4.69, 9.17) is 10.2 Å². The molecule has 0 aliphatic carbocycles. The van der Waals surface area contributed by atoms with Gasteiger partial charge in [-0.3, -0.25) is 9.59 Å². The maximum Gasteiger partial charge on any atom is 0.321 e. The molecule has 0 saturated carbocycles. The maximum absolute atomic E-state index is 11.0. The molecule has 0 aliphatic rings. The van der Waals surface area contributed by atoms with Crippen molar-refractivity contribution in [3.63, 3.8) is 0 Å². The van der Waals surface area contributed by atoms with E-state index in [1.54, 1.807) is 0 Å². The fraction of sp³-hybridized carbons (Fsp3) is 0.714. The fourth-order valence-corrected chi connectivity index (χ4v) is 1.62. The lowest BCUT2D eigenvalue weighted by atomic mass is 10.2. The van der Waals surface area contributed by atoms with E-state index in [9.17, 15) is 18.0 Å². The predicted octanol–water partition coefficient (Wildman–Crippen LogP) is -0.756. The summed E-state index contributed by atoms with van der Waals surface area (Å²) < 4.78 is 24.0. The number of sulfonamides is 1. The average molecular weight is 239 g/mol. The summed E-state index contributed by atoms with van der Waals surface area (Å²) in [5.74, 6) is -2.80. The molecule has 3 N–H and O–H groups in total. The van der Waals surface area contributed by atoms with E-state index in [0.717, 1.165) is 0 Å². The number of carbonyl (C=O) groups is 2. The number of hydrogen-bond acceptors (Lipinski definition) is 4. The lowest BCUT2D eigenvalue weighted by molar-refractivity contribution is -0.140. The van der Waals surface area contributed by atoms with Gasteiger partial charge >= 0.3 is 11.9 Å². The van der Waals surface area contributed by atoms with Crippen LogP contribution in [0, 0.1) is 0 Å². The van der Waals surface area contributed by atoms with Gasteiger partial charge in [0.15, 0.2) is 0 Å². The molecule has 0 bridgehead atoms. The molecule has 0 spiro atoms. The van der Waals surface area contributed by atoms with Crippen molar-refractivity contribution < 1.29 is 28.2 Å². The highest BCUT2D eigenvalue weighted by Crippen LogP contribution is 2.00.